The maximum absolute atomic E-state index is 12.2. The Morgan fingerprint density at radius 3 is 2.70 bits per heavy atom. The molecule has 3 aliphatic rings. The summed E-state index contributed by atoms with van der Waals surface area (Å²) < 4.78 is 5.07. The number of hydrogen-bond donors (Lipinski definition) is 2. The number of likely N-dealkylation sites (tertiary alicyclic amines) is 1. The third-order valence-electron chi connectivity index (χ3n) is 7.55. The number of phenolic OH excluding ortho intramolecular Hbond substituents is 1. The molecule has 2 saturated heterocycles. The molecule has 4 heterocycles. The number of rotatable bonds is 7. The van der Waals surface area contributed by atoms with E-state index in [2.05, 4.69) is 38.4 Å². The molecule has 40 heavy (non-hydrogen) atoms. The summed E-state index contributed by atoms with van der Waals surface area (Å²) in [5.74, 6) is 0.0395. The van der Waals surface area contributed by atoms with Gasteiger partial charge in [-0.2, -0.15) is 0 Å². The SMILES string of the molecule is COCCCc1ncc2cc(CN3CCCC3)ccc2n1.O=C1CCC(N2Cc3cc(O)ccc3C2=O)C(=O)N1. The minimum Gasteiger partial charge on any atom is -0.508 e. The van der Waals surface area contributed by atoms with Crippen molar-refractivity contribution in [1.82, 2.24) is 25.1 Å². The van der Waals surface area contributed by atoms with Crippen LogP contribution < -0.4 is 5.32 Å². The van der Waals surface area contributed by atoms with Crippen molar-refractivity contribution in [2.45, 2.75) is 57.7 Å². The Morgan fingerprint density at radius 1 is 1.10 bits per heavy atom. The number of benzene rings is 2. The number of aromatic nitrogens is 2. The Kier molecular flexibility index (Phi) is 8.66. The van der Waals surface area contributed by atoms with E-state index in [1.54, 1.807) is 13.2 Å². The molecule has 2 aromatic carbocycles. The first kappa shape index (κ1) is 27.7. The predicted molar refractivity (Wildman–Crippen MR) is 148 cm³/mol. The minimum atomic E-state index is -0.611. The highest BCUT2D eigenvalue weighted by Crippen LogP contribution is 2.29. The Hall–Kier alpha value is -3.89. The second-order valence-electron chi connectivity index (χ2n) is 10.5. The molecule has 0 radical (unpaired) electrons. The molecule has 3 amide bonds. The van der Waals surface area contributed by atoms with E-state index >= 15 is 0 Å². The number of hydrogen-bond acceptors (Lipinski definition) is 8. The van der Waals surface area contributed by atoms with Crippen LogP contribution >= 0.6 is 0 Å². The van der Waals surface area contributed by atoms with Gasteiger partial charge in [-0.1, -0.05) is 6.07 Å². The summed E-state index contributed by atoms with van der Waals surface area (Å²) >= 11 is 0. The number of aromatic hydroxyl groups is 1. The molecule has 10 heteroatoms. The summed E-state index contributed by atoms with van der Waals surface area (Å²) in [5.41, 5.74) is 3.61. The van der Waals surface area contributed by atoms with Crippen molar-refractivity contribution in [1.29, 1.82) is 0 Å². The highest BCUT2D eigenvalue weighted by molar-refractivity contribution is 6.05. The number of carbonyl (C=O) groups excluding carboxylic acids is 3. The van der Waals surface area contributed by atoms with Gasteiger partial charge in [0, 0.05) is 56.8 Å². The van der Waals surface area contributed by atoms with Gasteiger partial charge in [0.05, 0.1) is 5.52 Å². The fraction of sp³-hybridized carbons (Fsp3) is 0.433. The van der Waals surface area contributed by atoms with E-state index in [9.17, 15) is 19.5 Å². The van der Waals surface area contributed by atoms with Gasteiger partial charge in [-0.25, -0.2) is 9.97 Å². The van der Waals surface area contributed by atoms with E-state index < -0.39 is 11.9 Å². The van der Waals surface area contributed by atoms with Crippen molar-refractivity contribution < 1.29 is 24.2 Å². The molecule has 3 aromatic rings. The molecule has 0 bridgehead atoms. The molecule has 2 fully saturated rings. The molecule has 210 valence electrons. The zero-order valence-electron chi connectivity index (χ0n) is 22.8. The van der Waals surface area contributed by atoms with Crippen LogP contribution in [0.2, 0.25) is 0 Å². The van der Waals surface area contributed by atoms with Crippen LogP contribution in [-0.4, -0.2) is 75.4 Å². The van der Waals surface area contributed by atoms with E-state index in [1.165, 1.54) is 48.5 Å². The molecule has 6 rings (SSSR count). The molecule has 0 spiro atoms. The number of imide groups is 1. The molecule has 0 saturated carbocycles. The number of fused-ring (bicyclic) bond motifs is 2. The maximum atomic E-state index is 12.2. The van der Waals surface area contributed by atoms with Crippen LogP contribution in [-0.2, 0) is 33.8 Å². The van der Waals surface area contributed by atoms with Gasteiger partial charge in [0.25, 0.3) is 5.91 Å². The fourth-order valence-electron chi connectivity index (χ4n) is 5.47. The summed E-state index contributed by atoms with van der Waals surface area (Å²) in [6, 6.07) is 10.5. The van der Waals surface area contributed by atoms with Gasteiger partial charge >= 0.3 is 0 Å². The second-order valence-corrected chi connectivity index (χ2v) is 10.5. The second kappa shape index (κ2) is 12.5. The van der Waals surface area contributed by atoms with E-state index in [-0.39, 0.29) is 30.5 Å². The van der Waals surface area contributed by atoms with E-state index in [0.717, 1.165) is 42.7 Å². The number of aryl methyl sites for hydroxylation is 1. The topological polar surface area (TPSA) is 125 Å². The summed E-state index contributed by atoms with van der Waals surface area (Å²) in [4.78, 5) is 48.2. The van der Waals surface area contributed by atoms with Crippen LogP contribution in [0.5, 0.6) is 5.75 Å². The van der Waals surface area contributed by atoms with Crippen LogP contribution in [0.4, 0.5) is 0 Å². The van der Waals surface area contributed by atoms with Gasteiger partial charge in [-0.3, -0.25) is 24.6 Å². The van der Waals surface area contributed by atoms with Crippen LogP contribution in [0, 0.1) is 0 Å². The molecular weight excluding hydrogens is 510 g/mol. The summed E-state index contributed by atoms with van der Waals surface area (Å²) in [6.45, 7) is 4.55. The average Bonchev–Trinajstić information content (AvgIpc) is 3.56. The van der Waals surface area contributed by atoms with Crippen LogP contribution in [0.3, 0.4) is 0 Å². The van der Waals surface area contributed by atoms with Crippen molar-refractivity contribution in [3.63, 3.8) is 0 Å². The van der Waals surface area contributed by atoms with Gasteiger partial charge in [-0.05, 0) is 80.2 Å². The number of phenols is 1. The molecular formula is C30H35N5O5. The lowest BCUT2D eigenvalue weighted by Gasteiger charge is -2.29. The number of nitrogens with one attached hydrogen (secondary N) is 1. The first-order chi connectivity index (χ1) is 19.4. The highest BCUT2D eigenvalue weighted by Gasteiger charge is 2.39. The normalized spacial score (nSPS) is 19.0. The third-order valence-corrected chi connectivity index (χ3v) is 7.55. The molecule has 10 nitrogen and oxygen atoms in total. The van der Waals surface area contributed by atoms with Gasteiger partial charge < -0.3 is 14.7 Å². The molecule has 2 N–H and O–H groups in total. The third kappa shape index (κ3) is 6.46. The zero-order valence-corrected chi connectivity index (χ0v) is 22.8. The van der Waals surface area contributed by atoms with Crippen molar-refractivity contribution in [2.24, 2.45) is 0 Å². The van der Waals surface area contributed by atoms with Crippen molar-refractivity contribution >= 4 is 28.6 Å². The number of carbonyl (C=O) groups is 3. The van der Waals surface area contributed by atoms with Gasteiger partial charge in [0.2, 0.25) is 11.8 Å². The number of methoxy groups -OCH3 is 1. The molecule has 3 aliphatic heterocycles. The monoisotopic (exact) mass is 545 g/mol. The fourth-order valence-corrected chi connectivity index (χ4v) is 5.47. The lowest BCUT2D eigenvalue weighted by Crippen LogP contribution is -2.52. The number of piperidine rings is 1. The Bertz CT molecular complexity index is 1400. The number of nitrogens with zero attached hydrogens (tertiary/aromatic N) is 4. The lowest BCUT2D eigenvalue weighted by atomic mass is 10.0. The van der Waals surface area contributed by atoms with Crippen molar-refractivity contribution in [3.05, 3.63) is 65.1 Å². The van der Waals surface area contributed by atoms with Crippen molar-refractivity contribution in [3.8, 4) is 5.75 Å². The van der Waals surface area contributed by atoms with E-state index in [1.807, 2.05) is 6.20 Å². The Labute approximate surface area is 233 Å². The summed E-state index contributed by atoms with van der Waals surface area (Å²) in [6.07, 6.45) is 7.05. The Balaban J connectivity index is 0.000000162. The largest absolute Gasteiger partial charge is 0.508 e. The minimum absolute atomic E-state index is 0.0941. The number of ether oxygens (including phenoxy) is 1. The van der Waals surface area contributed by atoms with Gasteiger partial charge in [0.1, 0.15) is 17.6 Å². The predicted octanol–water partition coefficient (Wildman–Crippen LogP) is 2.96. The number of amides is 3. The molecule has 1 unspecified atom stereocenters. The van der Waals surface area contributed by atoms with Gasteiger partial charge in [0.15, 0.2) is 0 Å². The average molecular weight is 546 g/mol. The molecule has 0 aliphatic carbocycles. The summed E-state index contributed by atoms with van der Waals surface area (Å²) in [7, 11) is 1.73. The highest BCUT2D eigenvalue weighted by atomic mass is 16.5. The Morgan fingerprint density at radius 2 is 1.93 bits per heavy atom. The van der Waals surface area contributed by atoms with Crippen LogP contribution in [0.25, 0.3) is 10.9 Å². The lowest BCUT2D eigenvalue weighted by molar-refractivity contribution is -0.136. The first-order valence-electron chi connectivity index (χ1n) is 13.8. The quantitative estimate of drug-likeness (QED) is 0.343. The standard InChI is InChI=1S/C17H23N3O.C13H12N2O4/c1-21-10-4-5-17-18-12-15-11-14(6-7-16(15)19-17)13-20-8-2-3-9-20;16-8-1-2-9-7(5-8)6-15(13(9)19)10-3-4-11(17)14-12(10)18/h6-7,11-12H,2-5,8-10,13H2,1H3;1-2,5,10,16H,3-4,6H2,(H,14,17,18). The summed E-state index contributed by atoms with van der Waals surface area (Å²) in [5, 5.41) is 12.8. The van der Waals surface area contributed by atoms with Crippen LogP contribution in [0.15, 0.2) is 42.6 Å². The van der Waals surface area contributed by atoms with E-state index in [0.29, 0.717) is 17.5 Å². The smallest absolute Gasteiger partial charge is 0.255 e. The van der Waals surface area contributed by atoms with E-state index in [4.69, 9.17) is 4.74 Å². The van der Waals surface area contributed by atoms with Gasteiger partial charge in [-0.15, -0.1) is 0 Å². The van der Waals surface area contributed by atoms with Crippen molar-refractivity contribution in [2.75, 3.05) is 26.8 Å². The molecule has 1 aromatic heterocycles. The zero-order chi connectivity index (χ0) is 28.1. The molecule has 1 atom stereocenters. The van der Waals surface area contributed by atoms with Crippen LogP contribution in [0.1, 0.15) is 59.4 Å². The maximum Gasteiger partial charge on any atom is 0.255 e. The first-order valence-corrected chi connectivity index (χ1v) is 13.8.